The predicted octanol–water partition coefficient (Wildman–Crippen LogP) is 1.71. The van der Waals surface area contributed by atoms with E-state index in [1.54, 1.807) is 12.1 Å². The fourth-order valence-electron chi connectivity index (χ4n) is 2.52. The number of benzene rings is 1. The zero-order chi connectivity index (χ0) is 16.0. The second-order valence-electron chi connectivity index (χ2n) is 5.48. The lowest BCUT2D eigenvalue weighted by Gasteiger charge is -2.12. The van der Waals surface area contributed by atoms with Gasteiger partial charge in [-0.05, 0) is 36.9 Å². The molecular weight excluding hydrogens is 300 g/mol. The highest BCUT2D eigenvalue weighted by Crippen LogP contribution is 2.20. The Kier molecular flexibility index (Phi) is 5.74. The van der Waals surface area contributed by atoms with Crippen molar-refractivity contribution in [3.63, 3.8) is 0 Å². The molecule has 5 nitrogen and oxygen atoms in total. The van der Waals surface area contributed by atoms with Crippen molar-refractivity contribution in [2.75, 3.05) is 7.05 Å². The Morgan fingerprint density at radius 1 is 1.27 bits per heavy atom. The Labute approximate surface area is 131 Å². The van der Waals surface area contributed by atoms with Gasteiger partial charge in [-0.15, -0.1) is 0 Å². The number of carbonyl (C=O) groups is 1. The quantitative estimate of drug-likeness (QED) is 0.750. The molecule has 22 heavy (non-hydrogen) atoms. The number of carbonyl (C=O) groups excluding carboxylic acids is 1. The lowest BCUT2D eigenvalue weighted by Crippen LogP contribution is -2.26. The average molecular weight is 322 g/mol. The van der Waals surface area contributed by atoms with Gasteiger partial charge in [0.25, 0.3) is 0 Å². The molecule has 0 heterocycles. The molecule has 2 rings (SSSR count). The monoisotopic (exact) mass is 322 g/mol. The molecule has 0 spiro atoms. The normalized spacial score (nSPS) is 17.6. The van der Waals surface area contributed by atoms with E-state index in [0.29, 0.717) is 24.4 Å². The number of hydrogen-bond donors (Lipinski definition) is 2. The van der Waals surface area contributed by atoms with Crippen molar-refractivity contribution < 1.29 is 13.2 Å². The number of nitrogens with one attached hydrogen (secondary N) is 2. The van der Waals surface area contributed by atoms with Gasteiger partial charge in [-0.25, -0.2) is 13.1 Å². The van der Waals surface area contributed by atoms with Gasteiger partial charge >= 0.3 is 0 Å². The number of hydrogen-bond acceptors (Lipinski definition) is 3. The Bertz CT molecular complexity index is 653. The van der Waals surface area contributed by atoms with Gasteiger partial charge in [-0.2, -0.15) is 0 Å². The largest absolute Gasteiger partial charge is 0.352 e. The highest BCUT2D eigenvalue weighted by atomic mass is 32.2. The molecule has 0 bridgehead atoms. The topological polar surface area (TPSA) is 75.3 Å². The summed E-state index contributed by atoms with van der Waals surface area (Å²) in [6, 6.07) is 7.26. The van der Waals surface area contributed by atoms with Crippen LogP contribution in [0.4, 0.5) is 0 Å². The Hall–Kier alpha value is -1.66. The van der Waals surface area contributed by atoms with E-state index in [4.69, 9.17) is 0 Å². The molecule has 0 saturated carbocycles. The van der Waals surface area contributed by atoms with Gasteiger partial charge in [0.1, 0.15) is 0 Å². The molecule has 1 aromatic rings. The Morgan fingerprint density at radius 2 is 2.00 bits per heavy atom. The molecule has 0 unspecified atom stereocenters. The predicted molar refractivity (Wildman–Crippen MR) is 86.5 cm³/mol. The van der Waals surface area contributed by atoms with Crippen LogP contribution in [0.3, 0.4) is 0 Å². The molecule has 0 radical (unpaired) electrons. The highest BCUT2D eigenvalue weighted by molar-refractivity contribution is 7.88. The Morgan fingerprint density at radius 3 is 2.64 bits per heavy atom. The van der Waals surface area contributed by atoms with Crippen LogP contribution in [0.25, 0.3) is 0 Å². The SMILES string of the molecule is CNS(=O)(=O)Cc1ccccc1CNC(=O)C[C@@H]1C=CCC1. The minimum atomic E-state index is -3.32. The smallest absolute Gasteiger partial charge is 0.220 e. The first-order valence-corrected chi connectivity index (χ1v) is 9.07. The van der Waals surface area contributed by atoms with Crippen LogP contribution < -0.4 is 10.0 Å². The van der Waals surface area contributed by atoms with Crippen molar-refractivity contribution in [2.24, 2.45) is 5.92 Å². The minimum absolute atomic E-state index is 0.00262. The molecule has 0 aliphatic heterocycles. The first kappa shape index (κ1) is 16.7. The van der Waals surface area contributed by atoms with E-state index < -0.39 is 10.0 Å². The molecule has 0 saturated heterocycles. The van der Waals surface area contributed by atoms with E-state index in [0.717, 1.165) is 18.4 Å². The van der Waals surface area contributed by atoms with Gasteiger partial charge in [0.2, 0.25) is 15.9 Å². The Balaban J connectivity index is 1.94. The van der Waals surface area contributed by atoms with Crippen LogP contribution in [0.5, 0.6) is 0 Å². The summed E-state index contributed by atoms with van der Waals surface area (Å²) in [5.41, 5.74) is 1.54. The lowest BCUT2D eigenvalue weighted by atomic mass is 10.0. The maximum Gasteiger partial charge on any atom is 0.220 e. The van der Waals surface area contributed by atoms with Crippen LogP contribution in [0, 0.1) is 5.92 Å². The van der Waals surface area contributed by atoms with Gasteiger partial charge in [0, 0.05) is 13.0 Å². The van der Waals surface area contributed by atoms with E-state index >= 15 is 0 Å². The molecule has 0 aromatic heterocycles. The van der Waals surface area contributed by atoms with Crippen LogP contribution >= 0.6 is 0 Å². The van der Waals surface area contributed by atoms with Crippen LogP contribution in [-0.2, 0) is 27.1 Å². The van der Waals surface area contributed by atoms with Crippen molar-refractivity contribution in [2.45, 2.75) is 31.6 Å². The standard InChI is InChI=1S/C16H22N2O3S/c1-17-22(20,21)12-15-9-5-4-8-14(15)11-18-16(19)10-13-6-2-3-7-13/h2,4-6,8-9,13,17H,3,7,10-12H2,1H3,(H,18,19)/t13-/m1/s1. The molecule has 6 heteroatoms. The fraction of sp³-hybridized carbons (Fsp3) is 0.438. The zero-order valence-electron chi connectivity index (χ0n) is 12.7. The number of allylic oxidation sites excluding steroid dienone is 2. The molecule has 1 aliphatic carbocycles. The third-order valence-electron chi connectivity index (χ3n) is 3.81. The van der Waals surface area contributed by atoms with E-state index in [9.17, 15) is 13.2 Å². The van der Waals surface area contributed by atoms with E-state index in [1.165, 1.54) is 7.05 Å². The van der Waals surface area contributed by atoms with Gasteiger partial charge in [-0.3, -0.25) is 4.79 Å². The maximum atomic E-state index is 11.9. The van der Waals surface area contributed by atoms with Crippen LogP contribution in [0.2, 0.25) is 0 Å². The summed E-state index contributed by atoms with van der Waals surface area (Å²) in [6.45, 7) is 0.352. The number of amides is 1. The third kappa shape index (κ3) is 4.96. The van der Waals surface area contributed by atoms with Gasteiger partial charge in [-0.1, -0.05) is 36.4 Å². The highest BCUT2D eigenvalue weighted by Gasteiger charge is 2.15. The molecule has 1 atom stereocenters. The summed E-state index contributed by atoms with van der Waals surface area (Å²) >= 11 is 0. The van der Waals surface area contributed by atoms with E-state index in [1.807, 2.05) is 12.1 Å². The lowest BCUT2D eigenvalue weighted by molar-refractivity contribution is -0.121. The summed E-state index contributed by atoms with van der Waals surface area (Å²) in [6.07, 6.45) is 6.77. The summed E-state index contributed by atoms with van der Waals surface area (Å²) in [5, 5.41) is 2.88. The second kappa shape index (κ2) is 7.56. The average Bonchev–Trinajstić information content (AvgIpc) is 2.99. The van der Waals surface area contributed by atoms with Crippen molar-refractivity contribution in [1.82, 2.24) is 10.0 Å². The van der Waals surface area contributed by atoms with Gasteiger partial charge in [0.15, 0.2) is 0 Å². The molecular formula is C16H22N2O3S. The number of rotatable bonds is 7. The molecule has 120 valence electrons. The fourth-order valence-corrected chi connectivity index (χ4v) is 3.35. The van der Waals surface area contributed by atoms with Crippen LogP contribution in [0.15, 0.2) is 36.4 Å². The molecule has 1 aliphatic rings. The minimum Gasteiger partial charge on any atom is -0.352 e. The van der Waals surface area contributed by atoms with Crippen molar-refractivity contribution in [1.29, 1.82) is 0 Å². The third-order valence-corrected chi connectivity index (χ3v) is 5.12. The van der Waals surface area contributed by atoms with E-state index in [-0.39, 0.29) is 11.7 Å². The van der Waals surface area contributed by atoms with E-state index in [2.05, 4.69) is 22.2 Å². The van der Waals surface area contributed by atoms with Gasteiger partial charge in [0.05, 0.1) is 5.75 Å². The summed E-state index contributed by atoms with van der Waals surface area (Å²) in [4.78, 5) is 11.9. The summed E-state index contributed by atoms with van der Waals surface area (Å²) in [7, 11) is -1.93. The van der Waals surface area contributed by atoms with Crippen LogP contribution in [0.1, 0.15) is 30.4 Å². The first-order chi connectivity index (χ1) is 10.5. The maximum absolute atomic E-state index is 11.9. The van der Waals surface area contributed by atoms with Crippen molar-refractivity contribution >= 4 is 15.9 Å². The molecule has 1 aromatic carbocycles. The molecule has 1 amide bonds. The summed E-state index contributed by atoms with van der Waals surface area (Å²) in [5.74, 6) is 0.253. The second-order valence-corrected chi connectivity index (χ2v) is 7.40. The van der Waals surface area contributed by atoms with Crippen LogP contribution in [-0.4, -0.2) is 21.4 Å². The molecule has 0 fully saturated rings. The zero-order valence-corrected chi connectivity index (χ0v) is 13.5. The van der Waals surface area contributed by atoms with Crippen molar-refractivity contribution in [3.05, 3.63) is 47.5 Å². The number of sulfonamides is 1. The van der Waals surface area contributed by atoms with Gasteiger partial charge < -0.3 is 5.32 Å². The van der Waals surface area contributed by atoms with Crippen molar-refractivity contribution in [3.8, 4) is 0 Å². The first-order valence-electron chi connectivity index (χ1n) is 7.41. The molecule has 2 N–H and O–H groups in total. The summed E-state index contributed by atoms with van der Waals surface area (Å²) < 4.78 is 25.7.